The lowest BCUT2D eigenvalue weighted by atomic mass is 10.1. The second-order valence-electron chi connectivity index (χ2n) is 6.87. The summed E-state index contributed by atoms with van der Waals surface area (Å²) >= 11 is 0. The Labute approximate surface area is 156 Å². The normalized spacial score (nSPS) is 14.4. The smallest absolute Gasteiger partial charge is 0.230 e. The van der Waals surface area contributed by atoms with Crippen molar-refractivity contribution in [2.24, 2.45) is 0 Å². The van der Waals surface area contributed by atoms with Crippen LogP contribution in [0.15, 0.2) is 53.1 Å². The van der Waals surface area contributed by atoms with Gasteiger partial charge in [0, 0.05) is 17.2 Å². The molecule has 27 heavy (non-hydrogen) atoms. The number of nitrogens with one attached hydrogen (secondary N) is 1. The van der Waals surface area contributed by atoms with Crippen LogP contribution in [0.5, 0.6) is 0 Å². The standard InChI is InChI=1S/C21H20FN3O2/c22-17-9-3-5-14(11-17)12-19(26)23-18-10-4-8-16(13-18)20-24-21(27-25-20)15-6-1-2-7-15/h3-5,8-11,13,15H,1-2,6-7,12H2,(H,23,26). The third-order valence-corrected chi connectivity index (χ3v) is 4.80. The van der Waals surface area contributed by atoms with Crippen LogP contribution in [0.2, 0.25) is 0 Å². The molecule has 1 aromatic heterocycles. The number of anilines is 1. The van der Waals surface area contributed by atoms with Crippen molar-refractivity contribution in [1.29, 1.82) is 0 Å². The minimum Gasteiger partial charge on any atom is -0.339 e. The fourth-order valence-electron chi connectivity index (χ4n) is 3.46. The number of carbonyl (C=O) groups excluding carboxylic acids is 1. The van der Waals surface area contributed by atoms with Crippen molar-refractivity contribution in [2.45, 2.75) is 38.0 Å². The Morgan fingerprint density at radius 2 is 1.96 bits per heavy atom. The first-order valence-corrected chi connectivity index (χ1v) is 9.16. The van der Waals surface area contributed by atoms with Crippen LogP contribution in [-0.4, -0.2) is 16.0 Å². The van der Waals surface area contributed by atoms with Crippen LogP contribution in [0.4, 0.5) is 10.1 Å². The van der Waals surface area contributed by atoms with Crippen LogP contribution in [0.3, 0.4) is 0 Å². The molecule has 6 heteroatoms. The predicted octanol–water partition coefficient (Wildman–Crippen LogP) is 4.71. The molecule has 0 atom stereocenters. The minimum atomic E-state index is -0.350. The first-order chi connectivity index (χ1) is 13.2. The zero-order valence-corrected chi connectivity index (χ0v) is 14.8. The van der Waals surface area contributed by atoms with Crippen LogP contribution >= 0.6 is 0 Å². The highest BCUT2D eigenvalue weighted by molar-refractivity contribution is 5.92. The Bertz CT molecular complexity index is 948. The van der Waals surface area contributed by atoms with Gasteiger partial charge in [-0.15, -0.1) is 0 Å². The van der Waals surface area contributed by atoms with E-state index >= 15 is 0 Å². The van der Waals surface area contributed by atoms with E-state index in [0.717, 1.165) is 18.4 Å². The molecule has 1 N–H and O–H groups in total. The van der Waals surface area contributed by atoms with Gasteiger partial charge in [0.25, 0.3) is 0 Å². The van der Waals surface area contributed by atoms with Gasteiger partial charge in [-0.3, -0.25) is 4.79 Å². The number of benzene rings is 2. The summed E-state index contributed by atoms with van der Waals surface area (Å²) in [6.45, 7) is 0. The number of aromatic nitrogens is 2. The number of hydrogen-bond donors (Lipinski definition) is 1. The molecule has 4 rings (SSSR count). The van der Waals surface area contributed by atoms with E-state index in [-0.39, 0.29) is 18.1 Å². The van der Waals surface area contributed by atoms with Crippen LogP contribution in [-0.2, 0) is 11.2 Å². The van der Waals surface area contributed by atoms with Crippen LogP contribution < -0.4 is 5.32 Å². The summed E-state index contributed by atoms with van der Waals surface area (Å²) < 4.78 is 18.7. The van der Waals surface area contributed by atoms with E-state index in [9.17, 15) is 9.18 Å². The van der Waals surface area contributed by atoms with Crippen molar-refractivity contribution in [1.82, 2.24) is 10.1 Å². The Hall–Kier alpha value is -3.02. The third kappa shape index (κ3) is 4.22. The summed E-state index contributed by atoms with van der Waals surface area (Å²) in [7, 11) is 0. The van der Waals surface area contributed by atoms with Gasteiger partial charge in [-0.05, 0) is 42.7 Å². The van der Waals surface area contributed by atoms with Crippen molar-refractivity contribution in [3.8, 4) is 11.4 Å². The second-order valence-corrected chi connectivity index (χ2v) is 6.87. The number of rotatable bonds is 5. The maximum atomic E-state index is 13.2. The average molecular weight is 365 g/mol. The van der Waals surface area contributed by atoms with E-state index in [1.54, 1.807) is 18.2 Å². The molecular weight excluding hydrogens is 345 g/mol. The van der Waals surface area contributed by atoms with Gasteiger partial charge in [-0.25, -0.2) is 4.39 Å². The molecule has 1 saturated carbocycles. The molecule has 1 aliphatic rings. The lowest BCUT2D eigenvalue weighted by Gasteiger charge is -2.06. The van der Waals surface area contributed by atoms with E-state index in [1.807, 2.05) is 18.2 Å². The average Bonchev–Trinajstić information content (AvgIpc) is 3.33. The van der Waals surface area contributed by atoms with E-state index in [0.29, 0.717) is 28.9 Å². The van der Waals surface area contributed by atoms with Gasteiger partial charge in [0.15, 0.2) is 0 Å². The number of amides is 1. The first-order valence-electron chi connectivity index (χ1n) is 9.16. The molecule has 0 saturated heterocycles. The van der Waals surface area contributed by atoms with Crippen LogP contribution in [0.25, 0.3) is 11.4 Å². The molecule has 0 aliphatic heterocycles. The lowest BCUT2D eigenvalue weighted by Crippen LogP contribution is -2.14. The van der Waals surface area contributed by atoms with E-state index < -0.39 is 0 Å². The van der Waals surface area contributed by atoms with Gasteiger partial charge in [-0.1, -0.05) is 42.3 Å². The fourth-order valence-corrected chi connectivity index (χ4v) is 3.46. The Morgan fingerprint density at radius 1 is 1.15 bits per heavy atom. The zero-order valence-electron chi connectivity index (χ0n) is 14.8. The SMILES string of the molecule is O=C(Cc1cccc(F)c1)Nc1cccc(-c2noc(C3CCCC3)n2)c1. The van der Waals surface area contributed by atoms with E-state index in [1.165, 1.54) is 25.0 Å². The van der Waals surface area contributed by atoms with Crippen LogP contribution in [0.1, 0.15) is 43.1 Å². The maximum absolute atomic E-state index is 13.2. The van der Waals surface area contributed by atoms with Gasteiger partial charge < -0.3 is 9.84 Å². The zero-order chi connectivity index (χ0) is 18.6. The minimum absolute atomic E-state index is 0.107. The molecule has 0 bridgehead atoms. The van der Waals surface area contributed by atoms with Crippen LogP contribution in [0, 0.1) is 5.82 Å². The van der Waals surface area contributed by atoms with Crippen molar-refractivity contribution in [3.63, 3.8) is 0 Å². The number of halogens is 1. The Kier molecular flexibility index (Phi) is 4.96. The molecule has 2 aromatic carbocycles. The summed E-state index contributed by atoms with van der Waals surface area (Å²) in [5.74, 6) is 1.02. The second kappa shape index (κ2) is 7.70. The Balaban J connectivity index is 1.45. The van der Waals surface area contributed by atoms with Crippen molar-refractivity contribution in [2.75, 3.05) is 5.32 Å². The number of carbonyl (C=O) groups is 1. The predicted molar refractivity (Wildman–Crippen MR) is 99.7 cm³/mol. The van der Waals surface area contributed by atoms with Gasteiger partial charge in [-0.2, -0.15) is 4.98 Å². The van der Waals surface area contributed by atoms with Crippen molar-refractivity contribution < 1.29 is 13.7 Å². The fraction of sp³-hybridized carbons (Fsp3) is 0.286. The van der Waals surface area contributed by atoms with Gasteiger partial charge in [0.05, 0.1) is 6.42 Å². The summed E-state index contributed by atoms with van der Waals surface area (Å²) in [6.07, 6.45) is 4.70. The third-order valence-electron chi connectivity index (χ3n) is 4.80. The monoisotopic (exact) mass is 365 g/mol. The molecule has 5 nitrogen and oxygen atoms in total. The number of hydrogen-bond acceptors (Lipinski definition) is 4. The summed E-state index contributed by atoms with van der Waals surface area (Å²) in [5, 5.41) is 6.92. The molecule has 1 fully saturated rings. The molecule has 1 aliphatic carbocycles. The van der Waals surface area contributed by atoms with E-state index in [2.05, 4.69) is 15.5 Å². The molecule has 0 spiro atoms. The Morgan fingerprint density at radius 3 is 2.78 bits per heavy atom. The largest absolute Gasteiger partial charge is 0.339 e. The highest BCUT2D eigenvalue weighted by Crippen LogP contribution is 2.34. The maximum Gasteiger partial charge on any atom is 0.230 e. The van der Waals surface area contributed by atoms with Crippen molar-refractivity contribution in [3.05, 3.63) is 65.8 Å². The quantitative estimate of drug-likeness (QED) is 0.711. The molecule has 138 valence electrons. The molecule has 1 amide bonds. The van der Waals surface area contributed by atoms with Gasteiger partial charge in [0.2, 0.25) is 17.6 Å². The van der Waals surface area contributed by atoms with Gasteiger partial charge >= 0.3 is 0 Å². The molecule has 0 unspecified atom stereocenters. The highest BCUT2D eigenvalue weighted by Gasteiger charge is 2.23. The molecule has 3 aromatic rings. The summed E-state index contributed by atoms with van der Waals surface area (Å²) in [5.41, 5.74) is 2.05. The van der Waals surface area contributed by atoms with Crippen molar-refractivity contribution >= 4 is 11.6 Å². The van der Waals surface area contributed by atoms with Gasteiger partial charge in [0.1, 0.15) is 5.82 Å². The molecular formula is C21H20FN3O2. The molecule has 1 heterocycles. The number of nitrogens with zero attached hydrogens (tertiary/aromatic N) is 2. The first kappa shape index (κ1) is 17.4. The molecule has 0 radical (unpaired) electrons. The van der Waals surface area contributed by atoms with E-state index in [4.69, 9.17) is 4.52 Å². The highest BCUT2D eigenvalue weighted by atomic mass is 19.1. The summed E-state index contributed by atoms with van der Waals surface area (Å²) in [4.78, 5) is 16.8. The topological polar surface area (TPSA) is 68.0 Å². The lowest BCUT2D eigenvalue weighted by molar-refractivity contribution is -0.115. The summed E-state index contributed by atoms with van der Waals surface area (Å²) in [6, 6.07) is 13.4.